The summed E-state index contributed by atoms with van der Waals surface area (Å²) in [5.74, 6) is 0. The first-order valence-electron chi connectivity index (χ1n) is 5.94. The lowest BCUT2D eigenvalue weighted by atomic mass is 9.74. The summed E-state index contributed by atoms with van der Waals surface area (Å²) in [7, 11) is 0. The van der Waals surface area contributed by atoms with Crippen LogP contribution in [0.5, 0.6) is 0 Å². The lowest BCUT2D eigenvalue weighted by Crippen LogP contribution is -2.41. The van der Waals surface area contributed by atoms with Gasteiger partial charge in [0.1, 0.15) is 0 Å². The molecule has 0 bridgehead atoms. The van der Waals surface area contributed by atoms with E-state index in [0.717, 1.165) is 43.2 Å². The van der Waals surface area contributed by atoms with Gasteiger partial charge in [0.2, 0.25) is 0 Å². The molecule has 1 fully saturated rings. The normalized spacial score (nSPS) is 20.7. The van der Waals surface area contributed by atoms with Crippen molar-refractivity contribution in [3.05, 3.63) is 28.3 Å². The van der Waals surface area contributed by atoms with Gasteiger partial charge in [0.05, 0.1) is 11.6 Å². The first kappa shape index (κ1) is 10.9. The smallest absolute Gasteiger partial charge is 0.0992 e. The Morgan fingerprint density at radius 2 is 2.06 bits per heavy atom. The van der Waals surface area contributed by atoms with Gasteiger partial charge in [-0.3, -0.25) is 0 Å². The van der Waals surface area contributed by atoms with Gasteiger partial charge >= 0.3 is 0 Å². The third-order valence-electron chi connectivity index (χ3n) is 3.93. The molecule has 3 nitrogen and oxygen atoms in total. The van der Waals surface area contributed by atoms with E-state index < -0.39 is 0 Å². The Morgan fingerprint density at radius 3 is 2.76 bits per heavy atom. The van der Waals surface area contributed by atoms with Crippen molar-refractivity contribution < 1.29 is 0 Å². The number of benzene rings is 1. The molecule has 3 rings (SSSR count). The molecular formula is C13H14ClN3. The van der Waals surface area contributed by atoms with Crippen LogP contribution in [-0.2, 0) is 5.41 Å². The summed E-state index contributed by atoms with van der Waals surface area (Å²) in [6.45, 7) is 3.02. The molecule has 4 heteroatoms. The molecule has 2 heterocycles. The third kappa shape index (κ3) is 1.60. The number of hydrogen-bond acceptors (Lipinski definition) is 3. The van der Waals surface area contributed by atoms with Gasteiger partial charge in [-0.15, -0.1) is 0 Å². The fourth-order valence-corrected chi connectivity index (χ4v) is 3.45. The summed E-state index contributed by atoms with van der Waals surface area (Å²) >= 11 is 6.36. The number of fused-ring (bicyclic) bond motifs is 2. The lowest BCUT2D eigenvalue weighted by molar-refractivity contribution is 0.335. The highest BCUT2D eigenvalue weighted by Crippen LogP contribution is 2.46. The van der Waals surface area contributed by atoms with Gasteiger partial charge in [-0.25, -0.2) is 0 Å². The minimum absolute atomic E-state index is 0.172. The predicted molar refractivity (Wildman–Crippen MR) is 68.4 cm³/mol. The van der Waals surface area contributed by atoms with Gasteiger partial charge in [-0.2, -0.15) is 5.26 Å². The Balaban J connectivity index is 2.11. The summed E-state index contributed by atoms with van der Waals surface area (Å²) < 4.78 is 0. The third-order valence-corrected chi connectivity index (χ3v) is 4.23. The maximum Gasteiger partial charge on any atom is 0.0992 e. The predicted octanol–water partition coefficient (Wildman–Crippen LogP) is 2.26. The highest BCUT2D eigenvalue weighted by molar-refractivity contribution is 6.32. The van der Waals surface area contributed by atoms with Crippen molar-refractivity contribution in [2.75, 3.05) is 25.0 Å². The molecule has 1 aromatic rings. The van der Waals surface area contributed by atoms with Gasteiger partial charge in [-0.1, -0.05) is 11.6 Å². The number of halogens is 1. The lowest BCUT2D eigenvalue weighted by Gasteiger charge is -2.34. The second kappa shape index (κ2) is 3.90. The molecule has 0 aromatic heterocycles. The van der Waals surface area contributed by atoms with Crippen molar-refractivity contribution in [3.8, 4) is 6.07 Å². The highest BCUT2D eigenvalue weighted by atomic mass is 35.5. The van der Waals surface area contributed by atoms with Crippen LogP contribution in [0.2, 0.25) is 5.02 Å². The average Bonchev–Trinajstić information content (AvgIpc) is 2.69. The topological polar surface area (TPSA) is 47.9 Å². The first-order valence-corrected chi connectivity index (χ1v) is 6.32. The largest absolute Gasteiger partial charge is 0.384 e. The van der Waals surface area contributed by atoms with Crippen molar-refractivity contribution in [1.29, 1.82) is 5.26 Å². The van der Waals surface area contributed by atoms with E-state index in [1.54, 1.807) is 6.07 Å². The molecule has 1 aromatic carbocycles. The molecule has 0 radical (unpaired) electrons. The van der Waals surface area contributed by atoms with E-state index >= 15 is 0 Å². The Kier molecular flexibility index (Phi) is 2.50. The number of piperidine rings is 1. The fraction of sp³-hybridized carbons (Fsp3) is 0.462. The number of nitriles is 1. The quantitative estimate of drug-likeness (QED) is 0.739. The molecular weight excluding hydrogens is 234 g/mol. The SMILES string of the molecule is N#Cc1cc(Cl)c2c(c1)NCC21CCNCC1. The number of anilines is 1. The van der Waals surface area contributed by atoms with Crippen molar-refractivity contribution in [1.82, 2.24) is 5.32 Å². The van der Waals surface area contributed by atoms with Crippen molar-refractivity contribution in [2.45, 2.75) is 18.3 Å². The van der Waals surface area contributed by atoms with Crippen molar-refractivity contribution >= 4 is 17.3 Å². The summed E-state index contributed by atoms with van der Waals surface area (Å²) in [6, 6.07) is 5.86. The summed E-state index contributed by atoms with van der Waals surface area (Å²) in [4.78, 5) is 0. The molecule has 2 N–H and O–H groups in total. The zero-order chi connectivity index (χ0) is 11.9. The molecule has 2 aliphatic heterocycles. The molecule has 0 aliphatic carbocycles. The molecule has 17 heavy (non-hydrogen) atoms. The second-order valence-corrected chi connectivity index (χ2v) is 5.28. The minimum Gasteiger partial charge on any atom is -0.384 e. The van der Waals surface area contributed by atoms with E-state index in [-0.39, 0.29) is 5.41 Å². The molecule has 2 aliphatic rings. The Labute approximate surface area is 106 Å². The van der Waals surface area contributed by atoms with Crippen LogP contribution in [0, 0.1) is 11.3 Å². The van der Waals surface area contributed by atoms with E-state index in [2.05, 4.69) is 16.7 Å². The molecule has 88 valence electrons. The minimum atomic E-state index is 0.172. The van der Waals surface area contributed by atoms with Crippen molar-refractivity contribution in [3.63, 3.8) is 0 Å². The monoisotopic (exact) mass is 247 g/mol. The highest BCUT2D eigenvalue weighted by Gasteiger charge is 2.41. The number of hydrogen-bond donors (Lipinski definition) is 2. The summed E-state index contributed by atoms with van der Waals surface area (Å²) in [6.07, 6.45) is 2.22. The molecule has 1 spiro atoms. The van der Waals surface area contributed by atoms with Crippen LogP contribution in [0.15, 0.2) is 12.1 Å². The molecule has 0 saturated carbocycles. The first-order chi connectivity index (χ1) is 8.25. The van der Waals surface area contributed by atoms with E-state index in [9.17, 15) is 0 Å². The van der Waals surface area contributed by atoms with Crippen LogP contribution in [0.4, 0.5) is 5.69 Å². The number of nitrogens with one attached hydrogen (secondary N) is 2. The zero-order valence-electron chi connectivity index (χ0n) is 9.52. The molecule has 0 unspecified atom stereocenters. The van der Waals surface area contributed by atoms with Crippen LogP contribution >= 0.6 is 11.6 Å². The van der Waals surface area contributed by atoms with Crippen LogP contribution in [-0.4, -0.2) is 19.6 Å². The van der Waals surface area contributed by atoms with Crippen LogP contribution in [0.1, 0.15) is 24.0 Å². The standard InChI is InChI=1S/C13H14ClN3/c14-10-5-9(7-15)6-11-12(10)13(8-17-11)1-3-16-4-2-13/h5-6,16-17H,1-4,8H2. The van der Waals surface area contributed by atoms with Gasteiger partial charge in [0.15, 0.2) is 0 Å². The Morgan fingerprint density at radius 1 is 1.29 bits per heavy atom. The van der Waals surface area contributed by atoms with Gasteiger partial charge in [-0.05, 0) is 38.1 Å². The number of rotatable bonds is 0. The van der Waals surface area contributed by atoms with E-state index in [0.29, 0.717) is 5.56 Å². The molecule has 0 amide bonds. The van der Waals surface area contributed by atoms with Gasteiger partial charge < -0.3 is 10.6 Å². The Bertz CT molecular complexity index is 498. The van der Waals surface area contributed by atoms with Crippen LogP contribution in [0.25, 0.3) is 0 Å². The average molecular weight is 248 g/mol. The second-order valence-electron chi connectivity index (χ2n) is 4.88. The van der Waals surface area contributed by atoms with Crippen molar-refractivity contribution in [2.24, 2.45) is 0 Å². The molecule has 1 saturated heterocycles. The van der Waals surface area contributed by atoms with E-state index in [1.165, 1.54) is 5.56 Å². The maximum atomic E-state index is 8.95. The van der Waals surface area contributed by atoms with Crippen LogP contribution in [0.3, 0.4) is 0 Å². The zero-order valence-corrected chi connectivity index (χ0v) is 10.3. The Hall–Kier alpha value is -1.24. The summed E-state index contributed by atoms with van der Waals surface area (Å²) in [5.41, 5.74) is 3.08. The van der Waals surface area contributed by atoms with E-state index in [4.69, 9.17) is 16.9 Å². The summed E-state index contributed by atoms with van der Waals surface area (Å²) in [5, 5.41) is 16.5. The molecule has 0 atom stereocenters. The van der Waals surface area contributed by atoms with E-state index in [1.807, 2.05) is 6.07 Å². The fourth-order valence-electron chi connectivity index (χ4n) is 3.03. The maximum absolute atomic E-state index is 8.95. The number of nitrogens with zero attached hydrogens (tertiary/aromatic N) is 1. The van der Waals surface area contributed by atoms with Gasteiger partial charge in [0, 0.05) is 28.2 Å². The van der Waals surface area contributed by atoms with Crippen LogP contribution < -0.4 is 10.6 Å². The van der Waals surface area contributed by atoms with Gasteiger partial charge in [0.25, 0.3) is 0 Å².